The first-order valence-corrected chi connectivity index (χ1v) is 13.5. The third kappa shape index (κ3) is 5.11. The Labute approximate surface area is 223 Å². The van der Waals surface area contributed by atoms with Gasteiger partial charge in [-0.25, -0.2) is 15.0 Å². The zero-order valence-electron chi connectivity index (χ0n) is 21.9. The minimum absolute atomic E-state index is 0.212. The van der Waals surface area contributed by atoms with Crippen LogP contribution in [0.2, 0.25) is 0 Å². The number of ether oxygens (including phenoxy) is 1. The van der Waals surface area contributed by atoms with E-state index in [1.807, 2.05) is 31.2 Å². The highest BCUT2D eigenvalue weighted by atomic mass is 16.5. The number of nitrogens with one attached hydrogen (secondary N) is 2. The lowest BCUT2D eigenvalue weighted by molar-refractivity contribution is -0.119. The molecule has 0 bridgehead atoms. The highest BCUT2D eigenvalue weighted by Crippen LogP contribution is 2.41. The van der Waals surface area contributed by atoms with E-state index in [-0.39, 0.29) is 5.92 Å². The molecule has 194 valence electrons. The fourth-order valence-electron chi connectivity index (χ4n) is 5.38. The van der Waals surface area contributed by atoms with Crippen LogP contribution in [0, 0.1) is 18.8 Å². The SMILES string of the molecule is Cc1ccc2c(CC(=O)[C@@H]3C[C@H]3C)cccc2c1Oc1ncccc1-c1ccnc(N[C@H]2CCCNC2)n1. The average Bonchev–Trinajstić information content (AvgIpc) is 3.68. The molecule has 3 heterocycles. The highest BCUT2D eigenvalue weighted by molar-refractivity contribution is 5.96. The molecule has 7 nitrogen and oxygen atoms in total. The van der Waals surface area contributed by atoms with Crippen molar-refractivity contribution in [3.63, 3.8) is 0 Å². The largest absolute Gasteiger partial charge is 0.437 e. The van der Waals surface area contributed by atoms with Crippen LogP contribution < -0.4 is 15.4 Å². The zero-order valence-corrected chi connectivity index (χ0v) is 21.9. The van der Waals surface area contributed by atoms with Crippen molar-refractivity contribution in [3.8, 4) is 22.9 Å². The van der Waals surface area contributed by atoms with Crippen LogP contribution in [0.1, 0.15) is 37.3 Å². The van der Waals surface area contributed by atoms with Gasteiger partial charge in [0.2, 0.25) is 11.8 Å². The van der Waals surface area contributed by atoms with E-state index >= 15 is 0 Å². The Hall–Kier alpha value is -3.84. The Morgan fingerprint density at radius 3 is 2.79 bits per heavy atom. The maximum absolute atomic E-state index is 12.8. The van der Waals surface area contributed by atoms with Crippen molar-refractivity contribution < 1.29 is 9.53 Å². The van der Waals surface area contributed by atoms with Gasteiger partial charge in [0.25, 0.3) is 0 Å². The molecule has 0 spiro atoms. The summed E-state index contributed by atoms with van der Waals surface area (Å²) in [5, 5.41) is 8.89. The predicted octanol–water partition coefficient (Wildman–Crippen LogP) is 5.72. The number of fused-ring (bicyclic) bond motifs is 1. The number of ketones is 1. The molecule has 0 radical (unpaired) electrons. The molecular weight excluding hydrogens is 474 g/mol. The van der Waals surface area contributed by atoms with Crippen molar-refractivity contribution >= 4 is 22.5 Å². The maximum Gasteiger partial charge on any atom is 0.228 e. The Bertz CT molecular complexity index is 1480. The van der Waals surface area contributed by atoms with Gasteiger partial charge in [-0.15, -0.1) is 0 Å². The normalized spacial score (nSPS) is 20.7. The molecule has 0 amide bonds. The molecule has 1 saturated heterocycles. The number of anilines is 1. The van der Waals surface area contributed by atoms with Crippen molar-refractivity contribution in [3.05, 3.63) is 72.1 Å². The number of aryl methyl sites for hydroxylation is 1. The fourth-order valence-corrected chi connectivity index (χ4v) is 5.38. The Kier molecular flexibility index (Phi) is 6.77. The molecule has 7 heteroatoms. The van der Waals surface area contributed by atoms with Gasteiger partial charge in [0.05, 0.1) is 11.3 Å². The second-order valence-electron chi connectivity index (χ2n) is 10.6. The van der Waals surface area contributed by atoms with Crippen LogP contribution in [0.15, 0.2) is 60.9 Å². The molecule has 3 atom stereocenters. The summed E-state index contributed by atoms with van der Waals surface area (Å²) in [7, 11) is 0. The molecular formula is C31H33N5O2. The lowest BCUT2D eigenvalue weighted by atomic mass is 9.96. The molecule has 1 aliphatic carbocycles. The standard InChI is InChI=1S/C31H33N5O2/c1-19-10-11-23-21(17-28(37)26-16-20(26)2)6-3-8-24(23)29(19)38-30-25(9-5-14-33-30)27-12-15-34-31(36-27)35-22-7-4-13-32-18-22/h3,5-6,8-12,14-15,20,22,26,32H,4,7,13,16-18H2,1-2H3,(H,34,35,36)/t20-,22+,26-/m1/s1. The maximum atomic E-state index is 12.8. The van der Waals surface area contributed by atoms with Crippen molar-refractivity contribution in [2.75, 3.05) is 18.4 Å². The van der Waals surface area contributed by atoms with E-state index in [0.29, 0.717) is 36.0 Å². The summed E-state index contributed by atoms with van der Waals surface area (Å²) in [6, 6.07) is 16.3. The quantitative estimate of drug-likeness (QED) is 0.315. The molecule has 2 aliphatic rings. The van der Waals surface area contributed by atoms with Crippen LogP contribution in [0.5, 0.6) is 11.6 Å². The van der Waals surface area contributed by atoms with E-state index in [1.54, 1.807) is 12.4 Å². The topological polar surface area (TPSA) is 89.0 Å². The van der Waals surface area contributed by atoms with Crippen molar-refractivity contribution in [2.45, 2.75) is 45.6 Å². The number of nitrogens with zero attached hydrogens (tertiary/aromatic N) is 3. The number of benzene rings is 2. The first-order valence-electron chi connectivity index (χ1n) is 13.5. The third-order valence-corrected chi connectivity index (χ3v) is 7.72. The Morgan fingerprint density at radius 2 is 1.97 bits per heavy atom. The number of rotatable bonds is 8. The molecule has 6 rings (SSSR count). The molecule has 2 aromatic carbocycles. The molecule has 0 unspecified atom stereocenters. The van der Waals surface area contributed by atoms with Gasteiger partial charge >= 0.3 is 0 Å². The van der Waals surface area contributed by atoms with Gasteiger partial charge in [0.1, 0.15) is 11.5 Å². The summed E-state index contributed by atoms with van der Waals surface area (Å²) in [6.45, 7) is 6.14. The number of hydrogen-bond acceptors (Lipinski definition) is 7. The van der Waals surface area contributed by atoms with Crippen LogP contribution in [-0.4, -0.2) is 39.9 Å². The third-order valence-electron chi connectivity index (χ3n) is 7.72. The number of carbonyl (C=O) groups is 1. The average molecular weight is 508 g/mol. The number of hydrogen-bond donors (Lipinski definition) is 2. The summed E-state index contributed by atoms with van der Waals surface area (Å²) < 4.78 is 6.55. The first kappa shape index (κ1) is 24.5. The second-order valence-corrected chi connectivity index (χ2v) is 10.6. The molecule has 4 aromatic rings. The van der Waals surface area contributed by atoms with Crippen LogP contribution in [0.25, 0.3) is 22.0 Å². The van der Waals surface area contributed by atoms with Crippen LogP contribution in [0.3, 0.4) is 0 Å². The summed E-state index contributed by atoms with van der Waals surface area (Å²) >= 11 is 0. The summed E-state index contributed by atoms with van der Waals surface area (Å²) in [5.41, 5.74) is 3.59. The van der Waals surface area contributed by atoms with Gasteiger partial charge in [0.15, 0.2) is 0 Å². The van der Waals surface area contributed by atoms with Gasteiger partial charge in [0, 0.05) is 42.7 Å². The minimum atomic E-state index is 0.212. The molecule has 38 heavy (non-hydrogen) atoms. The van der Waals surface area contributed by atoms with Gasteiger partial charge in [-0.2, -0.15) is 0 Å². The minimum Gasteiger partial charge on any atom is -0.437 e. The van der Waals surface area contributed by atoms with Gasteiger partial charge in [-0.1, -0.05) is 37.3 Å². The second kappa shape index (κ2) is 10.5. The molecule has 2 N–H and O–H groups in total. The monoisotopic (exact) mass is 507 g/mol. The Balaban J connectivity index is 1.31. The number of aromatic nitrogens is 3. The highest BCUT2D eigenvalue weighted by Gasteiger charge is 2.38. The lowest BCUT2D eigenvalue weighted by Crippen LogP contribution is -2.38. The predicted molar refractivity (Wildman–Crippen MR) is 150 cm³/mol. The van der Waals surface area contributed by atoms with Crippen molar-refractivity contribution in [1.82, 2.24) is 20.3 Å². The molecule has 2 aromatic heterocycles. The lowest BCUT2D eigenvalue weighted by Gasteiger charge is -2.23. The van der Waals surface area contributed by atoms with E-state index in [1.165, 1.54) is 0 Å². The number of carbonyl (C=O) groups excluding carboxylic acids is 1. The van der Waals surface area contributed by atoms with E-state index in [2.05, 4.69) is 51.8 Å². The first-order chi connectivity index (χ1) is 18.6. The molecule has 1 saturated carbocycles. The number of pyridine rings is 1. The van der Waals surface area contributed by atoms with Crippen molar-refractivity contribution in [2.24, 2.45) is 11.8 Å². The van der Waals surface area contributed by atoms with Crippen LogP contribution in [-0.2, 0) is 11.2 Å². The van der Waals surface area contributed by atoms with Crippen LogP contribution >= 0.6 is 0 Å². The fraction of sp³-hybridized carbons (Fsp3) is 0.355. The van der Waals surface area contributed by atoms with E-state index in [0.717, 1.165) is 71.3 Å². The van der Waals surface area contributed by atoms with Crippen molar-refractivity contribution in [1.29, 1.82) is 0 Å². The summed E-state index contributed by atoms with van der Waals surface area (Å²) in [4.78, 5) is 26.6. The molecule has 2 fully saturated rings. The van der Waals surface area contributed by atoms with E-state index in [4.69, 9.17) is 9.72 Å². The Morgan fingerprint density at radius 1 is 1.08 bits per heavy atom. The van der Waals surface area contributed by atoms with Gasteiger partial charge < -0.3 is 15.4 Å². The number of piperidine rings is 1. The smallest absolute Gasteiger partial charge is 0.228 e. The van der Waals surface area contributed by atoms with Gasteiger partial charge in [-0.3, -0.25) is 4.79 Å². The molecule has 1 aliphatic heterocycles. The van der Waals surface area contributed by atoms with E-state index in [9.17, 15) is 4.79 Å². The zero-order chi connectivity index (χ0) is 26.1. The summed E-state index contributed by atoms with van der Waals surface area (Å²) in [5.74, 6) is 2.89. The van der Waals surface area contributed by atoms with Crippen LogP contribution in [0.4, 0.5) is 5.95 Å². The summed E-state index contributed by atoms with van der Waals surface area (Å²) in [6.07, 6.45) is 7.20. The number of Topliss-reactive ketones (excluding diaryl/α,β-unsaturated/α-hetero) is 1. The van der Waals surface area contributed by atoms with E-state index < -0.39 is 0 Å². The van der Waals surface area contributed by atoms with Gasteiger partial charge in [-0.05, 0) is 73.4 Å².